The van der Waals surface area contributed by atoms with Crippen LogP contribution >= 0.6 is 0 Å². The molecule has 0 bridgehead atoms. The summed E-state index contributed by atoms with van der Waals surface area (Å²) in [6, 6.07) is 8.13. The molecular formula is C13H12F4N2O2. The molecule has 0 fully saturated rings. The van der Waals surface area contributed by atoms with Crippen molar-refractivity contribution in [2.75, 3.05) is 0 Å². The summed E-state index contributed by atoms with van der Waals surface area (Å²) < 4.78 is 51.1. The van der Waals surface area contributed by atoms with Gasteiger partial charge in [-0.15, -0.1) is 0 Å². The summed E-state index contributed by atoms with van der Waals surface area (Å²) in [6.45, 7) is 0. The first kappa shape index (κ1) is 15.4. The van der Waals surface area contributed by atoms with Gasteiger partial charge in [-0.25, -0.2) is 17.6 Å². The van der Waals surface area contributed by atoms with Gasteiger partial charge in [-0.05, 0) is 5.56 Å². The first-order valence-corrected chi connectivity index (χ1v) is 6.07. The molecule has 0 aromatic heterocycles. The number of rotatable bonds is 4. The van der Waals surface area contributed by atoms with Gasteiger partial charge < -0.3 is 5.11 Å². The van der Waals surface area contributed by atoms with Crippen LogP contribution in [0, 0.1) is 0 Å². The van der Waals surface area contributed by atoms with Crippen LogP contribution in [0.25, 0.3) is 0 Å². The van der Waals surface area contributed by atoms with E-state index in [1.165, 1.54) is 0 Å². The van der Waals surface area contributed by atoms with E-state index in [1.807, 2.05) is 0 Å². The summed E-state index contributed by atoms with van der Waals surface area (Å²) in [7, 11) is 0. The van der Waals surface area contributed by atoms with Gasteiger partial charge in [-0.2, -0.15) is 10.1 Å². The third kappa shape index (κ3) is 3.05. The number of hydrogen-bond donors (Lipinski definition) is 1. The predicted octanol–water partition coefficient (Wildman–Crippen LogP) is 2.04. The summed E-state index contributed by atoms with van der Waals surface area (Å²) in [5, 5.41) is 13.1. The van der Waals surface area contributed by atoms with Crippen LogP contribution in [0.3, 0.4) is 0 Å². The van der Waals surface area contributed by atoms with Crippen molar-refractivity contribution in [1.29, 1.82) is 0 Å². The highest BCUT2D eigenvalue weighted by Gasteiger charge is 2.53. The van der Waals surface area contributed by atoms with Crippen molar-refractivity contribution in [3.8, 4) is 0 Å². The highest BCUT2D eigenvalue weighted by Crippen LogP contribution is 2.33. The summed E-state index contributed by atoms with van der Waals surface area (Å²) in [5.41, 5.74) is -3.45. The van der Waals surface area contributed by atoms with E-state index < -0.39 is 36.6 Å². The molecule has 0 saturated carbocycles. The van der Waals surface area contributed by atoms with Crippen molar-refractivity contribution < 1.29 is 27.5 Å². The van der Waals surface area contributed by atoms with Gasteiger partial charge in [0.1, 0.15) is 5.71 Å². The molecule has 114 valence electrons. The van der Waals surface area contributed by atoms with E-state index in [0.717, 1.165) is 0 Å². The van der Waals surface area contributed by atoms with Crippen LogP contribution in [0.5, 0.6) is 0 Å². The molecular weight excluding hydrogens is 292 g/mol. The first-order chi connectivity index (χ1) is 9.84. The molecule has 0 spiro atoms. The lowest BCUT2D eigenvalue weighted by molar-refractivity contribution is -0.191. The van der Waals surface area contributed by atoms with Crippen molar-refractivity contribution in [1.82, 2.24) is 5.01 Å². The molecule has 2 rings (SSSR count). The van der Waals surface area contributed by atoms with E-state index in [2.05, 4.69) is 5.10 Å². The second-order valence-corrected chi connectivity index (χ2v) is 4.62. The number of halogens is 4. The Balaban J connectivity index is 2.23. The number of hydrazone groups is 1. The Kier molecular flexibility index (Phi) is 4.26. The van der Waals surface area contributed by atoms with Crippen LogP contribution in [-0.2, 0) is 11.2 Å². The molecule has 0 unspecified atom stereocenters. The molecule has 0 saturated heterocycles. The zero-order valence-electron chi connectivity index (χ0n) is 10.7. The van der Waals surface area contributed by atoms with Crippen LogP contribution in [0.2, 0.25) is 0 Å². The van der Waals surface area contributed by atoms with Crippen molar-refractivity contribution in [2.45, 2.75) is 31.4 Å². The molecule has 1 N–H and O–H groups in total. The lowest BCUT2D eigenvalue weighted by Gasteiger charge is -2.30. The fourth-order valence-electron chi connectivity index (χ4n) is 2.00. The van der Waals surface area contributed by atoms with Crippen LogP contribution in [-0.4, -0.2) is 40.3 Å². The van der Waals surface area contributed by atoms with Crippen LogP contribution in [0.15, 0.2) is 35.4 Å². The Labute approximate surface area is 117 Å². The molecule has 1 aliphatic heterocycles. The molecule has 1 heterocycles. The van der Waals surface area contributed by atoms with Crippen molar-refractivity contribution in [3.63, 3.8) is 0 Å². The Morgan fingerprint density at radius 1 is 1.29 bits per heavy atom. The van der Waals surface area contributed by atoms with Gasteiger partial charge in [0.25, 0.3) is 12.9 Å². The average molecular weight is 304 g/mol. The molecule has 1 aromatic rings. The van der Waals surface area contributed by atoms with Crippen LogP contribution < -0.4 is 0 Å². The number of nitrogens with zero attached hydrogens (tertiary/aromatic N) is 2. The number of benzene rings is 1. The van der Waals surface area contributed by atoms with Crippen LogP contribution in [0.4, 0.5) is 17.6 Å². The van der Waals surface area contributed by atoms with Crippen LogP contribution in [0.1, 0.15) is 12.0 Å². The SMILES string of the molecule is O=C(Cc1ccccc1)N1N=C(C(F)F)C[C@]1(O)C(F)F. The zero-order chi connectivity index (χ0) is 15.6. The topological polar surface area (TPSA) is 52.9 Å². The summed E-state index contributed by atoms with van der Waals surface area (Å²) >= 11 is 0. The Morgan fingerprint density at radius 2 is 1.90 bits per heavy atom. The standard InChI is InChI=1S/C13H12F4N2O2/c14-11(15)9-7-13(21,12(16)17)19(18-9)10(20)6-8-4-2-1-3-5-8/h1-5,11-12,21H,6-7H2/t13-/m0/s1. The van der Waals surface area contributed by atoms with Crippen molar-refractivity contribution >= 4 is 11.6 Å². The Hall–Kier alpha value is -1.96. The molecule has 0 aliphatic carbocycles. The minimum absolute atomic E-state index is 0.0756. The van der Waals surface area contributed by atoms with Crippen molar-refractivity contribution in [3.05, 3.63) is 35.9 Å². The monoisotopic (exact) mass is 304 g/mol. The molecule has 4 nitrogen and oxygen atoms in total. The highest BCUT2D eigenvalue weighted by atomic mass is 19.3. The molecule has 1 amide bonds. The number of hydrogen-bond acceptors (Lipinski definition) is 3. The minimum atomic E-state index is -3.41. The molecule has 0 radical (unpaired) electrons. The number of amides is 1. The van der Waals surface area contributed by atoms with Gasteiger partial charge in [0, 0.05) is 6.42 Å². The maximum absolute atomic E-state index is 12.9. The number of aliphatic hydroxyl groups is 1. The van der Waals surface area contributed by atoms with Gasteiger partial charge in [0.05, 0.1) is 6.42 Å². The number of carbonyl (C=O) groups is 1. The molecule has 8 heteroatoms. The third-order valence-corrected chi connectivity index (χ3v) is 3.07. The van der Waals surface area contributed by atoms with E-state index in [4.69, 9.17) is 0 Å². The zero-order valence-corrected chi connectivity index (χ0v) is 10.7. The minimum Gasteiger partial charge on any atom is -0.364 e. The van der Waals surface area contributed by atoms with E-state index in [1.54, 1.807) is 30.3 Å². The molecule has 1 atom stereocenters. The lowest BCUT2D eigenvalue weighted by atomic mass is 10.1. The normalized spacial score (nSPS) is 22.0. The summed E-state index contributed by atoms with van der Waals surface area (Å²) in [5.74, 6) is -0.973. The maximum Gasteiger partial charge on any atom is 0.287 e. The third-order valence-electron chi connectivity index (χ3n) is 3.07. The Morgan fingerprint density at radius 3 is 2.43 bits per heavy atom. The van der Waals surface area contributed by atoms with E-state index in [0.29, 0.717) is 5.56 Å². The number of alkyl halides is 4. The molecule has 21 heavy (non-hydrogen) atoms. The first-order valence-electron chi connectivity index (χ1n) is 6.07. The molecule has 1 aliphatic rings. The second-order valence-electron chi connectivity index (χ2n) is 4.62. The second kappa shape index (κ2) is 5.80. The smallest absolute Gasteiger partial charge is 0.287 e. The van der Waals surface area contributed by atoms with Gasteiger partial charge in [0.15, 0.2) is 0 Å². The van der Waals surface area contributed by atoms with Gasteiger partial charge in [-0.3, -0.25) is 4.79 Å². The van der Waals surface area contributed by atoms with E-state index in [-0.39, 0.29) is 11.4 Å². The predicted molar refractivity (Wildman–Crippen MR) is 66.0 cm³/mol. The lowest BCUT2D eigenvalue weighted by Crippen LogP contribution is -2.52. The highest BCUT2D eigenvalue weighted by molar-refractivity contribution is 5.93. The van der Waals surface area contributed by atoms with Gasteiger partial charge >= 0.3 is 0 Å². The maximum atomic E-state index is 12.9. The molecule has 1 aromatic carbocycles. The summed E-state index contributed by atoms with van der Waals surface area (Å²) in [6.07, 6.45) is -7.90. The van der Waals surface area contributed by atoms with E-state index in [9.17, 15) is 27.5 Å². The fourth-order valence-corrected chi connectivity index (χ4v) is 2.00. The number of carbonyl (C=O) groups excluding carboxylic acids is 1. The summed E-state index contributed by atoms with van der Waals surface area (Å²) in [4.78, 5) is 12.0. The largest absolute Gasteiger partial charge is 0.364 e. The van der Waals surface area contributed by atoms with Crippen molar-refractivity contribution in [2.24, 2.45) is 5.10 Å². The fraction of sp³-hybridized carbons (Fsp3) is 0.385. The quantitative estimate of drug-likeness (QED) is 0.865. The average Bonchev–Trinajstić information content (AvgIpc) is 2.80. The van der Waals surface area contributed by atoms with E-state index >= 15 is 0 Å². The van der Waals surface area contributed by atoms with Gasteiger partial charge in [0.2, 0.25) is 11.6 Å². The van der Waals surface area contributed by atoms with Gasteiger partial charge in [-0.1, -0.05) is 30.3 Å². The Bertz CT molecular complexity index is 550.